The van der Waals surface area contributed by atoms with Gasteiger partial charge in [-0.2, -0.15) is 0 Å². The lowest BCUT2D eigenvalue weighted by Crippen LogP contribution is -2.35. The lowest BCUT2D eigenvalue weighted by atomic mass is 10.1. The second-order valence-corrected chi connectivity index (χ2v) is 4.71. The van der Waals surface area contributed by atoms with Gasteiger partial charge < -0.3 is 14.2 Å². The van der Waals surface area contributed by atoms with Gasteiger partial charge in [0.1, 0.15) is 0 Å². The van der Waals surface area contributed by atoms with Crippen LogP contribution in [-0.4, -0.2) is 32.2 Å². The number of pyridine rings is 1. The molecule has 2 N–H and O–H groups in total. The number of hydrazine groups is 1. The molecule has 0 aliphatic carbocycles. The maximum absolute atomic E-state index is 12.3. The molecular weight excluding hydrogens is 310 g/mol. The largest absolute Gasteiger partial charge is 0.493 e. The monoisotopic (exact) mass is 329 g/mol. The summed E-state index contributed by atoms with van der Waals surface area (Å²) in [6.07, 6.45) is 3.30. The van der Waals surface area contributed by atoms with Crippen molar-refractivity contribution in [3.05, 3.63) is 54.4 Å². The van der Waals surface area contributed by atoms with Crippen molar-refractivity contribution in [2.24, 2.45) is 0 Å². The zero-order valence-corrected chi connectivity index (χ0v) is 13.8. The number of hydrogen-bond acceptors (Lipinski definition) is 6. The van der Waals surface area contributed by atoms with Crippen molar-refractivity contribution in [2.75, 3.05) is 21.3 Å². The summed E-state index contributed by atoms with van der Waals surface area (Å²) in [7, 11) is 4.47. The van der Waals surface area contributed by atoms with E-state index in [1.807, 2.05) is 6.07 Å². The quantitative estimate of drug-likeness (QED) is 0.756. The Labute approximate surface area is 140 Å². The highest BCUT2D eigenvalue weighted by atomic mass is 16.5. The van der Waals surface area contributed by atoms with Crippen molar-refractivity contribution < 1.29 is 19.0 Å². The van der Waals surface area contributed by atoms with Crippen molar-refractivity contribution in [1.29, 1.82) is 0 Å². The van der Waals surface area contributed by atoms with E-state index in [9.17, 15) is 4.79 Å². The van der Waals surface area contributed by atoms with Gasteiger partial charge in [-0.25, -0.2) is 0 Å². The van der Waals surface area contributed by atoms with Gasteiger partial charge in [0.05, 0.1) is 27.0 Å². The third kappa shape index (κ3) is 3.75. The molecule has 24 heavy (non-hydrogen) atoms. The van der Waals surface area contributed by atoms with E-state index in [2.05, 4.69) is 22.4 Å². The topological polar surface area (TPSA) is 81.7 Å². The second kappa shape index (κ2) is 7.87. The zero-order chi connectivity index (χ0) is 17.5. The molecule has 0 saturated heterocycles. The Morgan fingerprint density at radius 1 is 1.04 bits per heavy atom. The molecule has 0 aliphatic heterocycles. The lowest BCUT2D eigenvalue weighted by Gasteiger charge is -2.15. The van der Waals surface area contributed by atoms with E-state index in [-0.39, 0.29) is 5.91 Å². The molecule has 0 radical (unpaired) electrons. The fraction of sp³-hybridized carbons (Fsp3) is 0.176. The molecule has 0 aliphatic rings. The normalized spacial score (nSPS) is 9.79. The second-order valence-electron chi connectivity index (χ2n) is 4.71. The van der Waals surface area contributed by atoms with Gasteiger partial charge in [-0.15, -0.1) is 0 Å². The van der Waals surface area contributed by atoms with Crippen LogP contribution in [0.25, 0.3) is 5.70 Å². The molecule has 0 spiro atoms. The fourth-order valence-corrected chi connectivity index (χ4v) is 2.03. The van der Waals surface area contributed by atoms with Crippen LogP contribution >= 0.6 is 0 Å². The van der Waals surface area contributed by atoms with Crippen molar-refractivity contribution in [1.82, 2.24) is 15.8 Å². The first-order valence-corrected chi connectivity index (χ1v) is 7.06. The average molecular weight is 329 g/mol. The van der Waals surface area contributed by atoms with Crippen molar-refractivity contribution >= 4 is 11.6 Å². The van der Waals surface area contributed by atoms with Gasteiger partial charge in [0, 0.05) is 23.5 Å². The average Bonchev–Trinajstić information content (AvgIpc) is 2.65. The van der Waals surface area contributed by atoms with Gasteiger partial charge in [0.15, 0.2) is 11.5 Å². The molecular formula is C17H19N3O4. The van der Waals surface area contributed by atoms with Crippen LogP contribution in [0.2, 0.25) is 0 Å². The summed E-state index contributed by atoms with van der Waals surface area (Å²) in [5.41, 5.74) is 6.95. The molecule has 1 aromatic heterocycles. The zero-order valence-electron chi connectivity index (χ0n) is 13.8. The Hall–Kier alpha value is -3.22. The summed E-state index contributed by atoms with van der Waals surface area (Å²) in [6.45, 7) is 3.85. The maximum Gasteiger partial charge on any atom is 0.269 e. The molecule has 1 heterocycles. The van der Waals surface area contributed by atoms with Gasteiger partial charge in [-0.1, -0.05) is 6.58 Å². The number of amides is 1. The first-order chi connectivity index (χ1) is 11.6. The number of nitrogens with zero attached hydrogens (tertiary/aromatic N) is 1. The Morgan fingerprint density at radius 3 is 2.21 bits per heavy atom. The van der Waals surface area contributed by atoms with Crippen LogP contribution in [0.1, 0.15) is 15.9 Å². The van der Waals surface area contributed by atoms with Crippen LogP contribution in [-0.2, 0) is 0 Å². The minimum absolute atomic E-state index is 0.344. The lowest BCUT2D eigenvalue weighted by molar-refractivity contribution is 0.0941. The van der Waals surface area contributed by atoms with Gasteiger partial charge in [-0.3, -0.25) is 20.6 Å². The predicted octanol–water partition coefficient (Wildman–Crippen LogP) is 2.01. The standard InChI is InChI=1S/C17H19N3O4/c1-11(12-6-5-7-18-10-12)19-20-17(21)13-8-14(22-2)16(24-4)15(9-13)23-3/h5-10,19H,1H2,2-4H3,(H,20,21). The molecule has 0 fully saturated rings. The maximum atomic E-state index is 12.3. The van der Waals surface area contributed by atoms with Crippen molar-refractivity contribution in [3.8, 4) is 17.2 Å². The third-order valence-electron chi connectivity index (χ3n) is 3.26. The molecule has 1 aromatic carbocycles. The van der Waals surface area contributed by atoms with E-state index in [0.717, 1.165) is 5.56 Å². The van der Waals surface area contributed by atoms with Gasteiger partial charge in [0.2, 0.25) is 5.75 Å². The molecule has 0 unspecified atom stereocenters. The van der Waals surface area contributed by atoms with Crippen LogP contribution in [0.15, 0.2) is 43.2 Å². The number of ether oxygens (including phenoxy) is 3. The molecule has 2 aromatic rings. The van der Waals surface area contributed by atoms with Crippen LogP contribution in [0.3, 0.4) is 0 Å². The van der Waals surface area contributed by atoms with Crippen LogP contribution < -0.4 is 25.1 Å². The number of nitrogens with one attached hydrogen (secondary N) is 2. The number of carbonyl (C=O) groups is 1. The predicted molar refractivity (Wildman–Crippen MR) is 90.0 cm³/mol. The summed E-state index contributed by atoms with van der Waals surface area (Å²) in [6, 6.07) is 6.73. The summed E-state index contributed by atoms with van der Waals surface area (Å²) in [5, 5.41) is 0. The number of benzene rings is 1. The Balaban J connectivity index is 2.13. The highest BCUT2D eigenvalue weighted by molar-refractivity contribution is 5.95. The molecule has 1 amide bonds. The summed E-state index contributed by atoms with van der Waals surface area (Å²) < 4.78 is 15.7. The van der Waals surface area contributed by atoms with Gasteiger partial charge in [0.25, 0.3) is 5.91 Å². The van der Waals surface area contributed by atoms with E-state index in [1.165, 1.54) is 21.3 Å². The molecule has 0 saturated carbocycles. The minimum Gasteiger partial charge on any atom is -0.493 e. The summed E-state index contributed by atoms with van der Waals surface area (Å²) in [5.74, 6) is 0.838. The highest BCUT2D eigenvalue weighted by Gasteiger charge is 2.17. The number of methoxy groups -OCH3 is 3. The number of carbonyl (C=O) groups excluding carboxylic acids is 1. The van der Waals surface area contributed by atoms with E-state index in [0.29, 0.717) is 28.5 Å². The highest BCUT2D eigenvalue weighted by Crippen LogP contribution is 2.38. The molecule has 0 atom stereocenters. The SMILES string of the molecule is C=C(NNC(=O)c1cc(OC)c(OC)c(OC)c1)c1cccnc1. The van der Waals surface area contributed by atoms with E-state index in [4.69, 9.17) is 14.2 Å². The first kappa shape index (κ1) is 17.1. The van der Waals surface area contributed by atoms with Crippen LogP contribution in [0.5, 0.6) is 17.2 Å². The Bertz CT molecular complexity index is 707. The molecule has 2 rings (SSSR count). The van der Waals surface area contributed by atoms with Gasteiger partial charge in [-0.05, 0) is 24.3 Å². The summed E-state index contributed by atoms with van der Waals surface area (Å²) in [4.78, 5) is 16.3. The van der Waals surface area contributed by atoms with E-state index < -0.39 is 0 Å². The van der Waals surface area contributed by atoms with E-state index >= 15 is 0 Å². The Morgan fingerprint density at radius 2 is 1.71 bits per heavy atom. The smallest absolute Gasteiger partial charge is 0.269 e. The molecule has 7 heteroatoms. The summed E-state index contributed by atoms with van der Waals surface area (Å²) >= 11 is 0. The molecule has 7 nitrogen and oxygen atoms in total. The fourth-order valence-electron chi connectivity index (χ4n) is 2.03. The number of aromatic nitrogens is 1. The van der Waals surface area contributed by atoms with Crippen LogP contribution in [0, 0.1) is 0 Å². The number of rotatable bonds is 7. The Kier molecular flexibility index (Phi) is 5.62. The van der Waals surface area contributed by atoms with Gasteiger partial charge >= 0.3 is 0 Å². The van der Waals surface area contributed by atoms with E-state index in [1.54, 1.807) is 30.6 Å². The van der Waals surface area contributed by atoms with Crippen molar-refractivity contribution in [2.45, 2.75) is 0 Å². The molecule has 0 bridgehead atoms. The third-order valence-corrected chi connectivity index (χ3v) is 3.26. The van der Waals surface area contributed by atoms with Crippen LogP contribution in [0.4, 0.5) is 0 Å². The first-order valence-electron chi connectivity index (χ1n) is 7.06. The molecule has 126 valence electrons. The van der Waals surface area contributed by atoms with Crippen molar-refractivity contribution in [3.63, 3.8) is 0 Å². The minimum atomic E-state index is -0.376. The number of hydrogen-bond donors (Lipinski definition) is 2.